The largest absolute Gasteiger partial charge is 0.469 e. The molecular formula is C37H70O4. The van der Waals surface area contributed by atoms with Crippen LogP contribution in [0.15, 0.2) is 12.2 Å². The maximum atomic E-state index is 12.6. The van der Waals surface area contributed by atoms with Crippen molar-refractivity contribution in [3.8, 4) is 0 Å². The summed E-state index contributed by atoms with van der Waals surface area (Å²) < 4.78 is 10.8. The van der Waals surface area contributed by atoms with Gasteiger partial charge in [0.2, 0.25) is 0 Å². The molecule has 0 heterocycles. The van der Waals surface area contributed by atoms with Crippen LogP contribution < -0.4 is 0 Å². The summed E-state index contributed by atoms with van der Waals surface area (Å²) in [6.07, 6.45) is 37.7. The number of rotatable bonds is 31. The minimum absolute atomic E-state index is 0.233. The molecule has 0 aliphatic rings. The molecular weight excluding hydrogens is 508 g/mol. The Balaban J connectivity index is 4.11. The summed E-state index contributed by atoms with van der Waals surface area (Å²) in [5, 5.41) is 0. The fraction of sp³-hybridized carbons (Fsp3) is 0.892. The van der Waals surface area contributed by atoms with Gasteiger partial charge in [-0.3, -0.25) is 9.59 Å². The van der Waals surface area contributed by atoms with E-state index in [9.17, 15) is 9.59 Å². The molecule has 0 N–H and O–H groups in total. The summed E-state index contributed by atoms with van der Waals surface area (Å²) in [7, 11) is 1.45. The highest BCUT2D eigenvalue weighted by molar-refractivity contribution is 5.74. The van der Waals surface area contributed by atoms with E-state index < -0.39 is 0 Å². The molecule has 0 aromatic rings. The Morgan fingerprint density at radius 2 is 0.902 bits per heavy atom. The van der Waals surface area contributed by atoms with Gasteiger partial charge in [-0.2, -0.15) is 0 Å². The summed E-state index contributed by atoms with van der Waals surface area (Å²) in [4.78, 5) is 24.4. The first-order valence-electron chi connectivity index (χ1n) is 18.0. The highest BCUT2D eigenvalue weighted by atomic mass is 16.6. The maximum Gasteiger partial charge on any atom is 0.312 e. The fourth-order valence-corrected chi connectivity index (χ4v) is 5.78. The van der Waals surface area contributed by atoms with E-state index in [0.29, 0.717) is 0 Å². The summed E-state index contributed by atoms with van der Waals surface area (Å²) >= 11 is 0. The number of ether oxygens (including phenoxy) is 2. The van der Waals surface area contributed by atoms with E-state index in [4.69, 9.17) is 9.47 Å². The highest BCUT2D eigenvalue weighted by Crippen LogP contribution is 2.24. The van der Waals surface area contributed by atoms with E-state index in [1.165, 1.54) is 142 Å². The molecule has 0 aliphatic heterocycles. The third-order valence-electron chi connectivity index (χ3n) is 8.39. The van der Waals surface area contributed by atoms with Crippen LogP contribution in [0.25, 0.3) is 0 Å². The first kappa shape index (κ1) is 39.7. The Labute approximate surface area is 256 Å². The van der Waals surface area contributed by atoms with E-state index >= 15 is 0 Å². The van der Waals surface area contributed by atoms with Gasteiger partial charge >= 0.3 is 11.9 Å². The zero-order chi connectivity index (χ0) is 30.2. The third-order valence-corrected chi connectivity index (χ3v) is 8.39. The van der Waals surface area contributed by atoms with E-state index in [1.54, 1.807) is 0 Å². The van der Waals surface area contributed by atoms with Crippen LogP contribution in [0, 0.1) is 5.92 Å². The normalized spacial score (nSPS) is 13.0. The molecule has 0 bridgehead atoms. The zero-order valence-electron chi connectivity index (χ0n) is 28.0. The second-order valence-electron chi connectivity index (χ2n) is 12.3. The zero-order valence-corrected chi connectivity index (χ0v) is 28.0. The third kappa shape index (κ3) is 27.3. The van der Waals surface area contributed by atoms with Crippen molar-refractivity contribution in [1.29, 1.82) is 0 Å². The van der Waals surface area contributed by atoms with Gasteiger partial charge in [0.1, 0.15) is 6.10 Å². The average Bonchev–Trinajstić information content (AvgIpc) is 2.96. The molecule has 2 unspecified atom stereocenters. The summed E-state index contributed by atoms with van der Waals surface area (Å²) in [6.45, 7) is 5.99. The summed E-state index contributed by atoms with van der Waals surface area (Å²) in [5.41, 5.74) is 0. The number of esters is 2. The van der Waals surface area contributed by atoms with Crippen molar-refractivity contribution in [2.75, 3.05) is 7.11 Å². The molecule has 0 saturated carbocycles. The van der Waals surface area contributed by atoms with Crippen molar-refractivity contribution >= 4 is 11.9 Å². The molecule has 2 atom stereocenters. The predicted molar refractivity (Wildman–Crippen MR) is 176 cm³/mol. The monoisotopic (exact) mass is 579 g/mol. The van der Waals surface area contributed by atoms with Crippen molar-refractivity contribution in [2.24, 2.45) is 5.92 Å². The SMILES string of the molecule is CCCCCCCCC=CCCCCCCC(C(=O)OC)C(CCCCCCCCCCCCCCC)OC(C)=O. The molecule has 0 amide bonds. The lowest BCUT2D eigenvalue weighted by Gasteiger charge is -2.25. The van der Waals surface area contributed by atoms with Crippen LogP contribution in [0.3, 0.4) is 0 Å². The van der Waals surface area contributed by atoms with Crippen LogP contribution in [-0.2, 0) is 19.1 Å². The number of carbonyl (C=O) groups excluding carboxylic acids is 2. The Morgan fingerprint density at radius 3 is 1.29 bits per heavy atom. The van der Waals surface area contributed by atoms with Crippen molar-refractivity contribution in [2.45, 2.75) is 200 Å². The van der Waals surface area contributed by atoms with Gasteiger partial charge in [0, 0.05) is 6.92 Å². The van der Waals surface area contributed by atoms with Gasteiger partial charge in [-0.15, -0.1) is 0 Å². The van der Waals surface area contributed by atoms with Gasteiger partial charge in [-0.05, 0) is 44.9 Å². The van der Waals surface area contributed by atoms with Gasteiger partial charge in [-0.1, -0.05) is 154 Å². The number of carbonyl (C=O) groups is 2. The van der Waals surface area contributed by atoms with Gasteiger partial charge in [0.25, 0.3) is 0 Å². The van der Waals surface area contributed by atoms with Gasteiger partial charge in [0.15, 0.2) is 0 Å². The van der Waals surface area contributed by atoms with Crippen LogP contribution in [0.2, 0.25) is 0 Å². The van der Waals surface area contributed by atoms with E-state index in [-0.39, 0.29) is 24.0 Å². The van der Waals surface area contributed by atoms with Gasteiger partial charge in [-0.25, -0.2) is 0 Å². The van der Waals surface area contributed by atoms with Crippen LogP contribution in [0.4, 0.5) is 0 Å². The fourth-order valence-electron chi connectivity index (χ4n) is 5.78. The predicted octanol–water partition coefficient (Wildman–Crippen LogP) is 11.8. The Hall–Kier alpha value is -1.32. The lowest BCUT2D eigenvalue weighted by Crippen LogP contribution is -2.33. The molecule has 0 aliphatic carbocycles. The van der Waals surface area contributed by atoms with Crippen LogP contribution >= 0.6 is 0 Å². The standard InChI is InChI=1S/C37H70O4/c1-5-7-9-11-13-15-17-19-21-22-24-26-28-30-32-35(37(39)40-4)36(41-34(3)38)33-31-29-27-25-23-20-18-16-14-12-10-8-6-2/h19,21,35-36H,5-18,20,22-33H2,1-4H3. The van der Waals surface area contributed by atoms with Crippen molar-refractivity contribution in [1.82, 2.24) is 0 Å². The quantitative estimate of drug-likeness (QED) is 0.0466. The minimum Gasteiger partial charge on any atom is -0.469 e. The van der Waals surface area contributed by atoms with Crippen LogP contribution in [-0.4, -0.2) is 25.2 Å². The first-order valence-corrected chi connectivity index (χ1v) is 18.0. The Kier molecular flexibility index (Phi) is 30.6. The molecule has 242 valence electrons. The number of allylic oxidation sites excluding steroid dienone is 2. The molecule has 0 radical (unpaired) electrons. The molecule has 0 aromatic heterocycles. The van der Waals surface area contributed by atoms with E-state index in [2.05, 4.69) is 26.0 Å². The molecule has 0 spiro atoms. The first-order chi connectivity index (χ1) is 20.1. The van der Waals surface area contributed by atoms with E-state index in [1.807, 2.05) is 0 Å². The highest BCUT2D eigenvalue weighted by Gasteiger charge is 2.30. The number of hydrogen-bond acceptors (Lipinski definition) is 4. The van der Waals surface area contributed by atoms with Gasteiger partial charge in [0.05, 0.1) is 13.0 Å². The second kappa shape index (κ2) is 31.6. The molecule has 0 aromatic carbocycles. The Morgan fingerprint density at radius 1 is 0.537 bits per heavy atom. The second-order valence-corrected chi connectivity index (χ2v) is 12.3. The molecule has 41 heavy (non-hydrogen) atoms. The topological polar surface area (TPSA) is 52.6 Å². The van der Waals surface area contributed by atoms with Gasteiger partial charge < -0.3 is 9.47 Å². The molecule has 4 nitrogen and oxygen atoms in total. The molecule has 0 saturated heterocycles. The van der Waals surface area contributed by atoms with Crippen molar-refractivity contribution in [3.63, 3.8) is 0 Å². The van der Waals surface area contributed by atoms with Crippen LogP contribution in [0.1, 0.15) is 194 Å². The minimum atomic E-state index is -0.363. The lowest BCUT2D eigenvalue weighted by molar-refractivity contribution is -0.160. The number of methoxy groups -OCH3 is 1. The van der Waals surface area contributed by atoms with Crippen molar-refractivity contribution in [3.05, 3.63) is 12.2 Å². The summed E-state index contributed by atoms with van der Waals surface area (Å²) in [5.74, 6) is -0.881. The van der Waals surface area contributed by atoms with E-state index in [0.717, 1.165) is 44.9 Å². The molecule has 0 rings (SSSR count). The molecule has 4 heteroatoms. The maximum absolute atomic E-state index is 12.6. The number of hydrogen-bond donors (Lipinski definition) is 0. The smallest absolute Gasteiger partial charge is 0.312 e. The average molecular weight is 579 g/mol. The Bertz CT molecular complexity index is 600. The molecule has 0 fully saturated rings. The van der Waals surface area contributed by atoms with Crippen LogP contribution in [0.5, 0.6) is 0 Å². The lowest BCUT2D eigenvalue weighted by atomic mass is 9.91. The number of unbranched alkanes of at least 4 members (excludes halogenated alkanes) is 22. The van der Waals surface area contributed by atoms with Crippen molar-refractivity contribution < 1.29 is 19.1 Å². The summed E-state index contributed by atoms with van der Waals surface area (Å²) in [6, 6.07) is 0.